The Bertz CT molecular complexity index is 467. The van der Waals surface area contributed by atoms with Crippen molar-refractivity contribution in [3.63, 3.8) is 0 Å². The minimum Gasteiger partial charge on any atom is -0.478 e. The van der Waals surface area contributed by atoms with Crippen LogP contribution in [-0.4, -0.2) is 16.6 Å². The summed E-state index contributed by atoms with van der Waals surface area (Å²) in [5, 5.41) is 12.2. The average molecular weight is 251 g/mol. The molecule has 0 radical (unpaired) electrons. The first-order chi connectivity index (χ1) is 8.40. The first kappa shape index (κ1) is 13.0. The Hall–Kier alpha value is -1.42. The molecule has 3 nitrogen and oxygen atoms in total. The van der Waals surface area contributed by atoms with Crippen molar-refractivity contribution in [1.29, 1.82) is 0 Å². The molecule has 0 amide bonds. The largest absolute Gasteiger partial charge is 0.478 e. The molecule has 98 valence electrons. The number of aromatic carboxylic acids is 1. The highest BCUT2D eigenvalue weighted by Gasteiger charge is 2.37. The molecule has 1 aliphatic rings. The number of carbonyl (C=O) groups is 1. The lowest BCUT2D eigenvalue weighted by molar-refractivity contribution is 0.0696. The second-order valence-corrected chi connectivity index (χ2v) is 5.46. The number of rotatable bonds is 5. The van der Waals surface area contributed by atoms with E-state index in [0.29, 0.717) is 18.0 Å². The summed E-state index contributed by atoms with van der Waals surface area (Å²) in [7, 11) is 0. The van der Waals surface area contributed by atoms with E-state index >= 15 is 0 Å². The average Bonchev–Trinajstić information content (AvgIpc) is 3.11. The van der Waals surface area contributed by atoms with Gasteiger partial charge in [0.05, 0.1) is 5.56 Å². The summed E-state index contributed by atoms with van der Waals surface area (Å²) in [4.78, 5) is 10.8. The van der Waals surface area contributed by atoms with Gasteiger partial charge in [-0.2, -0.15) is 0 Å². The van der Waals surface area contributed by atoms with Gasteiger partial charge in [-0.05, 0) is 50.8 Å². The topological polar surface area (TPSA) is 49.3 Å². The van der Waals surface area contributed by atoms with Crippen LogP contribution < -0.4 is 5.32 Å². The van der Waals surface area contributed by atoms with Crippen LogP contribution in [0, 0.1) is 11.7 Å². The molecule has 4 heteroatoms. The normalized spacial score (nSPS) is 15.7. The van der Waals surface area contributed by atoms with Gasteiger partial charge < -0.3 is 10.4 Å². The summed E-state index contributed by atoms with van der Waals surface area (Å²) in [6, 6.07) is 3.89. The highest BCUT2D eigenvalue weighted by molar-refractivity contribution is 5.87. The predicted octanol–water partition coefficient (Wildman–Crippen LogP) is 2.80. The van der Waals surface area contributed by atoms with Crippen molar-refractivity contribution in [2.75, 3.05) is 0 Å². The molecule has 1 aliphatic carbocycles. The smallest absolute Gasteiger partial charge is 0.335 e. The molecule has 0 atom stereocenters. The molecule has 0 heterocycles. The molecule has 2 rings (SSSR count). The number of nitrogens with one attached hydrogen (secondary N) is 1. The second kappa shape index (κ2) is 4.69. The molecule has 1 saturated carbocycles. The lowest BCUT2D eigenvalue weighted by Gasteiger charge is -2.26. The third-order valence-corrected chi connectivity index (χ3v) is 3.63. The van der Waals surface area contributed by atoms with Gasteiger partial charge in [0.25, 0.3) is 0 Å². The lowest BCUT2D eigenvalue weighted by atomic mass is 9.98. The Labute approximate surface area is 106 Å². The number of carboxylic acids is 1. The molecule has 2 N–H and O–H groups in total. The number of hydrogen-bond acceptors (Lipinski definition) is 2. The first-order valence-electron chi connectivity index (χ1n) is 6.17. The van der Waals surface area contributed by atoms with Gasteiger partial charge in [0.1, 0.15) is 5.82 Å². The first-order valence-corrected chi connectivity index (χ1v) is 6.17. The maximum Gasteiger partial charge on any atom is 0.335 e. The zero-order valence-electron chi connectivity index (χ0n) is 10.7. The van der Waals surface area contributed by atoms with Crippen LogP contribution in [0.4, 0.5) is 4.39 Å². The van der Waals surface area contributed by atoms with Crippen LogP contribution >= 0.6 is 0 Å². The summed E-state index contributed by atoms with van der Waals surface area (Å²) in [6.07, 6.45) is 2.41. The van der Waals surface area contributed by atoms with E-state index in [9.17, 15) is 9.18 Å². The Balaban J connectivity index is 2.08. The van der Waals surface area contributed by atoms with Gasteiger partial charge in [-0.15, -0.1) is 0 Å². The molecule has 0 spiro atoms. The van der Waals surface area contributed by atoms with Crippen LogP contribution in [0.15, 0.2) is 18.2 Å². The molecule has 1 aromatic rings. The molecule has 0 aromatic heterocycles. The van der Waals surface area contributed by atoms with Gasteiger partial charge in [0.2, 0.25) is 0 Å². The van der Waals surface area contributed by atoms with Crippen LogP contribution in [0.25, 0.3) is 0 Å². The number of halogens is 1. The van der Waals surface area contributed by atoms with Gasteiger partial charge in [-0.1, -0.05) is 0 Å². The zero-order valence-corrected chi connectivity index (χ0v) is 10.7. The van der Waals surface area contributed by atoms with Crippen molar-refractivity contribution in [2.24, 2.45) is 5.92 Å². The van der Waals surface area contributed by atoms with E-state index in [0.717, 1.165) is 0 Å². The molecule has 18 heavy (non-hydrogen) atoms. The van der Waals surface area contributed by atoms with E-state index in [2.05, 4.69) is 19.2 Å². The fourth-order valence-corrected chi connectivity index (χ4v) is 2.12. The molecule has 0 aliphatic heterocycles. The van der Waals surface area contributed by atoms with Crippen LogP contribution in [0.1, 0.15) is 42.6 Å². The Morgan fingerprint density at radius 2 is 2.17 bits per heavy atom. The molecular formula is C14H18FNO2. The molecule has 0 bridgehead atoms. The van der Waals surface area contributed by atoms with E-state index in [4.69, 9.17) is 5.11 Å². The van der Waals surface area contributed by atoms with Crippen molar-refractivity contribution in [2.45, 2.75) is 38.8 Å². The summed E-state index contributed by atoms with van der Waals surface area (Å²) in [5.74, 6) is -0.750. The van der Waals surface area contributed by atoms with Gasteiger partial charge in [-0.25, -0.2) is 9.18 Å². The maximum atomic E-state index is 13.6. The van der Waals surface area contributed by atoms with Crippen LogP contribution in [0.5, 0.6) is 0 Å². The summed E-state index contributed by atoms with van der Waals surface area (Å²) in [6.45, 7) is 4.56. The standard InChI is InChI=1S/C14H18FNO2/c1-14(2,11-4-5-11)16-8-10-7-9(13(17)18)3-6-12(10)15/h3,6-7,11,16H,4-5,8H2,1-2H3,(H,17,18). The van der Waals surface area contributed by atoms with E-state index < -0.39 is 5.97 Å². The number of benzene rings is 1. The van der Waals surface area contributed by atoms with Crippen molar-refractivity contribution in [3.05, 3.63) is 35.1 Å². The maximum absolute atomic E-state index is 13.6. The van der Waals surface area contributed by atoms with E-state index in [1.807, 2.05) is 0 Å². The Kier molecular flexibility index (Phi) is 3.39. The third kappa shape index (κ3) is 2.88. The predicted molar refractivity (Wildman–Crippen MR) is 67.0 cm³/mol. The molecule has 0 unspecified atom stereocenters. The quantitative estimate of drug-likeness (QED) is 0.846. The molecule has 1 aromatic carbocycles. The van der Waals surface area contributed by atoms with E-state index in [-0.39, 0.29) is 16.9 Å². The monoisotopic (exact) mass is 251 g/mol. The Morgan fingerprint density at radius 3 is 2.72 bits per heavy atom. The minimum absolute atomic E-state index is 0.0222. The number of hydrogen-bond donors (Lipinski definition) is 2. The second-order valence-electron chi connectivity index (χ2n) is 5.46. The van der Waals surface area contributed by atoms with Gasteiger partial charge in [-0.3, -0.25) is 0 Å². The fourth-order valence-electron chi connectivity index (χ4n) is 2.12. The highest BCUT2D eigenvalue weighted by Crippen LogP contribution is 2.39. The summed E-state index contributed by atoms with van der Waals surface area (Å²) < 4.78 is 13.6. The molecular weight excluding hydrogens is 233 g/mol. The van der Waals surface area contributed by atoms with Crippen molar-refractivity contribution < 1.29 is 14.3 Å². The fraction of sp³-hybridized carbons (Fsp3) is 0.500. The molecule has 0 saturated heterocycles. The third-order valence-electron chi connectivity index (χ3n) is 3.63. The lowest BCUT2D eigenvalue weighted by Crippen LogP contribution is -2.40. The van der Waals surface area contributed by atoms with Gasteiger partial charge in [0, 0.05) is 17.6 Å². The summed E-state index contributed by atoms with van der Waals surface area (Å²) >= 11 is 0. The minimum atomic E-state index is -1.03. The van der Waals surface area contributed by atoms with Crippen molar-refractivity contribution >= 4 is 5.97 Å². The van der Waals surface area contributed by atoms with E-state index in [1.54, 1.807) is 0 Å². The zero-order chi connectivity index (χ0) is 13.3. The summed E-state index contributed by atoms with van der Waals surface area (Å²) in [5.41, 5.74) is 0.507. The van der Waals surface area contributed by atoms with Crippen LogP contribution in [0.3, 0.4) is 0 Å². The van der Waals surface area contributed by atoms with Gasteiger partial charge in [0.15, 0.2) is 0 Å². The highest BCUT2D eigenvalue weighted by atomic mass is 19.1. The van der Waals surface area contributed by atoms with Crippen LogP contribution in [-0.2, 0) is 6.54 Å². The van der Waals surface area contributed by atoms with Gasteiger partial charge >= 0.3 is 5.97 Å². The van der Waals surface area contributed by atoms with Crippen molar-refractivity contribution in [1.82, 2.24) is 5.32 Å². The SMILES string of the molecule is CC(C)(NCc1cc(C(=O)O)ccc1F)C1CC1. The number of carboxylic acid groups (broad SMARTS) is 1. The van der Waals surface area contributed by atoms with E-state index in [1.165, 1.54) is 31.0 Å². The molecule has 1 fully saturated rings. The van der Waals surface area contributed by atoms with Crippen molar-refractivity contribution in [3.8, 4) is 0 Å². The Morgan fingerprint density at radius 1 is 1.50 bits per heavy atom. The van der Waals surface area contributed by atoms with Crippen LogP contribution in [0.2, 0.25) is 0 Å².